The normalized spacial score (nSPS) is 14.3. The van der Waals surface area contributed by atoms with E-state index in [0.717, 1.165) is 17.5 Å². The molecular formula is C24H27N3O3. The Bertz CT molecular complexity index is 1060. The summed E-state index contributed by atoms with van der Waals surface area (Å²) in [4.78, 5) is 27.1. The van der Waals surface area contributed by atoms with Crippen LogP contribution in [-0.4, -0.2) is 34.6 Å². The van der Waals surface area contributed by atoms with Gasteiger partial charge in [-0.15, -0.1) is 0 Å². The molecule has 0 fully saturated rings. The lowest BCUT2D eigenvalue weighted by Gasteiger charge is -2.26. The molecule has 2 heterocycles. The van der Waals surface area contributed by atoms with Crippen molar-refractivity contribution in [2.45, 2.75) is 32.4 Å². The van der Waals surface area contributed by atoms with Crippen LogP contribution in [0.15, 0.2) is 54.7 Å². The third kappa shape index (κ3) is 4.03. The highest BCUT2D eigenvalue weighted by Gasteiger charge is 2.25. The molecule has 1 aromatic heterocycles. The summed E-state index contributed by atoms with van der Waals surface area (Å²) < 4.78 is 7.26. The van der Waals surface area contributed by atoms with Gasteiger partial charge in [-0.2, -0.15) is 0 Å². The maximum atomic E-state index is 13.2. The number of carbonyl (C=O) groups excluding carboxylic acids is 2. The molecule has 1 aliphatic rings. The molecule has 1 N–H and O–H groups in total. The third-order valence-corrected chi connectivity index (χ3v) is 5.65. The second kappa shape index (κ2) is 8.61. The summed E-state index contributed by atoms with van der Waals surface area (Å²) in [6, 6.07) is 15.2. The molecule has 4 rings (SSSR count). The van der Waals surface area contributed by atoms with Crippen molar-refractivity contribution < 1.29 is 14.3 Å². The minimum Gasteiger partial charge on any atom is -0.466 e. The SMILES string of the molecule is CCOC(=O)CC(NC(=O)N1CCc2cn(C)c3cccc(c23)C1)c1ccccc1. The van der Waals surface area contributed by atoms with Crippen LogP contribution in [0.25, 0.3) is 10.9 Å². The molecular weight excluding hydrogens is 378 g/mol. The Labute approximate surface area is 176 Å². The number of nitrogens with zero attached hydrogens (tertiary/aromatic N) is 2. The van der Waals surface area contributed by atoms with Crippen LogP contribution < -0.4 is 5.32 Å². The Kier molecular flexibility index (Phi) is 5.74. The van der Waals surface area contributed by atoms with E-state index in [1.807, 2.05) is 41.3 Å². The molecule has 30 heavy (non-hydrogen) atoms. The molecule has 0 aliphatic carbocycles. The van der Waals surface area contributed by atoms with Gasteiger partial charge in [0, 0.05) is 37.2 Å². The Morgan fingerprint density at radius 2 is 1.90 bits per heavy atom. The summed E-state index contributed by atoms with van der Waals surface area (Å²) in [6.07, 6.45) is 3.06. The minimum absolute atomic E-state index is 0.105. The molecule has 2 amide bonds. The molecule has 1 unspecified atom stereocenters. The minimum atomic E-state index is -0.430. The fourth-order valence-electron chi connectivity index (χ4n) is 4.22. The highest BCUT2D eigenvalue weighted by molar-refractivity contribution is 5.88. The fourth-order valence-corrected chi connectivity index (χ4v) is 4.22. The van der Waals surface area contributed by atoms with Crippen molar-refractivity contribution >= 4 is 22.9 Å². The van der Waals surface area contributed by atoms with Crippen molar-refractivity contribution in [1.82, 2.24) is 14.8 Å². The Hall–Kier alpha value is -3.28. The van der Waals surface area contributed by atoms with Crippen molar-refractivity contribution in [2.24, 2.45) is 7.05 Å². The molecule has 6 heteroatoms. The second-order valence-corrected chi connectivity index (χ2v) is 7.67. The third-order valence-electron chi connectivity index (χ3n) is 5.65. The van der Waals surface area contributed by atoms with Gasteiger partial charge in [-0.05, 0) is 36.1 Å². The van der Waals surface area contributed by atoms with Gasteiger partial charge < -0.3 is 19.5 Å². The van der Waals surface area contributed by atoms with Gasteiger partial charge in [-0.25, -0.2) is 4.79 Å². The van der Waals surface area contributed by atoms with E-state index in [2.05, 4.69) is 35.3 Å². The van der Waals surface area contributed by atoms with Crippen LogP contribution in [0, 0.1) is 0 Å². The number of benzene rings is 2. The van der Waals surface area contributed by atoms with E-state index in [9.17, 15) is 9.59 Å². The number of ether oxygens (including phenoxy) is 1. The van der Waals surface area contributed by atoms with Crippen LogP contribution in [0.3, 0.4) is 0 Å². The van der Waals surface area contributed by atoms with Gasteiger partial charge in [0.2, 0.25) is 0 Å². The lowest BCUT2D eigenvalue weighted by atomic mass is 10.0. The number of esters is 1. The molecule has 1 atom stereocenters. The molecule has 0 spiro atoms. The maximum absolute atomic E-state index is 13.2. The average molecular weight is 405 g/mol. The summed E-state index contributed by atoms with van der Waals surface area (Å²) in [5.41, 5.74) is 4.50. The molecule has 1 aliphatic heterocycles. The largest absolute Gasteiger partial charge is 0.466 e. The maximum Gasteiger partial charge on any atom is 0.318 e. The van der Waals surface area contributed by atoms with Gasteiger partial charge in [0.1, 0.15) is 0 Å². The quantitative estimate of drug-likeness (QED) is 0.654. The summed E-state index contributed by atoms with van der Waals surface area (Å²) in [7, 11) is 2.06. The fraction of sp³-hybridized carbons (Fsp3) is 0.333. The molecule has 6 nitrogen and oxygen atoms in total. The first-order chi connectivity index (χ1) is 14.6. The van der Waals surface area contributed by atoms with E-state index >= 15 is 0 Å². The zero-order valence-electron chi connectivity index (χ0n) is 17.4. The van der Waals surface area contributed by atoms with Crippen molar-refractivity contribution in [3.05, 3.63) is 71.4 Å². The molecule has 2 aromatic carbocycles. The van der Waals surface area contributed by atoms with Gasteiger partial charge >= 0.3 is 12.0 Å². The lowest BCUT2D eigenvalue weighted by molar-refractivity contribution is -0.143. The van der Waals surface area contributed by atoms with Gasteiger partial charge in [-0.3, -0.25) is 4.79 Å². The van der Waals surface area contributed by atoms with E-state index in [4.69, 9.17) is 4.74 Å². The molecule has 0 radical (unpaired) electrons. The highest BCUT2D eigenvalue weighted by atomic mass is 16.5. The van der Waals surface area contributed by atoms with Crippen LogP contribution >= 0.6 is 0 Å². The smallest absolute Gasteiger partial charge is 0.318 e. The predicted octanol–water partition coefficient (Wildman–Crippen LogP) is 3.94. The summed E-state index contributed by atoms with van der Waals surface area (Å²) in [5.74, 6) is -0.319. The van der Waals surface area contributed by atoms with Crippen LogP contribution in [0.2, 0.25) is 0 Å². The van der Waals surface area contributed by atoms with Crippen molar-refractivity contribution in [3.63, 3.8) is 0 Å². The Morgan fingerprint density at radius 3 is 2.67 bits per heavy atom. The van der Waals surface area contributed by atoms with E-state index < -0.39 is 6.04 Å². The first kappa shape index (κ1) is 20.0. The van der Waals surface area contributed by atoms with Gasteiger partial charge in [0.05, 0.1) is 19.1 Å². The molecule has 3 aromatic rings. The van der Waals surface area contributed by atoms with Crippen LogP contribution in [-0.2, 0) is 29.5 Å². The van der Waals surface area contributed by atoms with Crippen LogP contribution in [0.5, 0.6) is 0 Å². The number of aryl methyl sites for hydroxylation is 1. The van der Waals surface area contributed by atoms with Crippen molar-refractivity contribution in [2.75, 3.05) is 13.2 Å². The summed E-state index contributed by atoms with van der Waals surface area (Å²) >= 11 is 0. The average Bonchev–Trinajstić information content (AvgIpc) is 2.95. The second-order valence-electron chi connectivity index (χ2n) is 7.67. The first-order valence-corrected chi connectivity index (χ1v) is 10.4. The first-order valence-electron chi connectivity index (χ1n) is 10.4. The zero-order chi connectivity index (χ0) is 21.1. The summed E-state index contributed by atoms with van der Waals surface area (Å²) in [5, 5.41) is 4.31. The topological polar surface area (TPSA) is 63.6 Å². The van der Waals surface area contributed by atoms with Crippen LogP contribution in [0.4, 0.5) is 4.79 Å². The number of carbonyl (C=O) groups is 2. The number of nitrogens with one attached hydrogen (secondary N) is 1. The van der Waals surface area contributed by atoms with E-state index in [0.29, 0.717) is 19.7 Å². The number of hydrogen-bond acceptors (Lipinski definition) is 3. The summed E-state index contributed by atoms with van der Waals surface area (Å²) in [6.45, 7) is 3.27. The van der Waals surface area contributed by atoms with E-state index in [-0.39, 0.29) is 18.4 Å². The van der Waals surface area contributed by atoms with Crippen LogP contribution in [0.1, 0.15) is 36.1 Å². The van der Waals surface area contributed by atoms with Gasteiger partial charge in [0.25, 0.3) is 0 Å². The standard InChI is InChI=1S/C24H27N3O3/c1-3-30-22(28)14-20(17-8-5-4-6-9-17)25-24(29)27-13-12-19-15-26(2)21-11-7-10-18(16-27)23(19)21/h4-11,15,20H,3,12-14,16H2,1-2H3,(H,25,29). The number of urea groups is 1. The molecule has 0 bridgehead atoms. The number of amides is 2. The molecule has 156 valence electrons. The molecule has 0 saturated carbocycles. The molecule has 0 saturated heterocycles. The predicted molar refractivity (Wildman–Crippen MR) is 116 cm³/mol. The van der Waals surface area contributed by atoms with Crippen molar-refractivity contribution in [3.8, 4) is 0 Å². The van der Waals surface area contributed by atoms with Gasteiger partial charge in [0.15, 0.2) is 0 Å². The van der Waals surface area contributed by atoms with E-state index in [1.165, 1.54) is 16.5 Å². The number of rotatable bonds is 5. The highest BCUT2D eigenvalue weighted by Crippen LogP contribution is 2.29. The zero-order valence-corrected chi connectivity index (χ0v) is 17.4. The number of aromatic nitrogens is 1. The Morgan fingerprint density at radius 1 is 1.10 bits per heavy atom. The monoisotopic (exact) mass is 405 g/mol. The lowest BCUT2D eigenvalue weighted by Crippen LogP contribution is -2.42. The Balaban J connectivity index is 1.54. The number of hydrogen-bond donors (Lipinski definition) is 1. The van der Waals surface area contributed by atoms with Crippen molar-refractivity contribution in [1.29, 1.82) is 0 Å². The van der Waals surface area contributed by atoms with Gasteiger partial charge in [-0.1, -0.05) is 42.5 Å². The van der Waals surface area contributed by atoms with E-state index in [1.54, 1.807) is 6.92 Å².